The van der Waals surface area contributed by atoms with Gasteiger partial charge in [0.15, 0.2) is 11.6 Å². The first kappa shape index (κ1) is 12.3. The summed E-state index contributed by atoms with van der Waals surface area (Å²) in [6.45, 7) is 4.13. The van der Waals surface area contributed by atoms with Crippen molar-refractivity contribution in [3.05, 3.63) is 29.6 Å². The van der Waals surface area contributed by atoms with Gasteiger partial charge in [-0.15, -0.1) is 0 Å². The van der Waals surface area contributed by atoms with E-state index in [1.54, 1.807) is 0 Å². The van der Waals surface area contributed by atoms with Gasteiger partial charge in [0.2, 0.25) is 0 Å². The van der Waals surface area contributed by atoms with Crippen LogP contribution in [-0.4, -0.2) is 6.04 Å². The van der Waals surface area contributed by atoms with E-state index in [2.05, 4.69) is 19.2 Å². The number of anilines is 1. The van der Waals surface area contributed by atoms with Crippen LogP contribution in [0.4, 0.5) is 18.9 Å². The Labute approximate surface area is 99.0 Å². The minimum absolute atomic E-state index is 0.00721. The van der Waals surface area contributed by atoms with Crippen molar-refractivity contribution < 1.29 is 13.2 Å². The lowest BCUT2D eigenvalue weighted by atomic mass is 9.87. The van der Waals surface area contributed by atoms with Gasteiger partial charge in [-0.05, 0) is 18.3 Å². The lowest BCUT2D eigenvalue weighted by molar-refractivity contribution is 0.348. The van der Waals surface area contributed by atoms with Gasteiger partial charge in [-0.2, -0.15) is 0 Å². The van der Waals surface area contributed by atoms with E-state index in [1.807, 2.05) is 0 Å². The minimum atomic E-state index is -0.892. The molecular weight excluding hydrogens is 227 g/mol. The summed E-state index contributed by atoms with van der Waals surface area (Å²) >= 11 is 0. The summed E-state index contributed by atoms with van der Waals surface area (Å²) in [5.41, 5.74) is -0.209. The van der Waals surface area contributed by atoms with Gasteiger partial charge in [-0.1, -0.05) is 20.3 Å². The van der Waals surface area contributed by atoms with Crippen molar-refractivity contribution >= 4 is 5.69 Å². The Morgan fingerprint density at radius 1 is 1.18 bits per heavy atom. The molecule has 94 valence electrons. The van der Waals surface area contributed by atoms with Crippen molar-refractivity contribution in [1.82, 2.24) is 0 Å². The van der Waals surface area contributed by atoms with Crippen LogP contribution in [0.1, 0.15) is 33.1 Å². The monoisotopic (exact) mass is 243 g/mol. The average Bonchev–Trinajstić information content (AvgIpc) is 2.51. The molecular formula is C13H16F3N. The quantitative estimate of drug-likeness (QED) is 0.824. The topological polar surface area (TPSA) is 12.0 Å². The molecule has 1 atom stereocenters. The molecule has 0 bridgehead atoms. The Kier molecular flexibility index (Phi) is 3.06. The van der Waals surface area contributed by atoms with E-state index in [9.17, 15) is 13.2 Å². The standard InChI is InChI=1S/C13H16F3N/c1-13(2)5-3-4-11(13)17-12-9(15)6-8(14)7-10(12)16/h6-7,11,17H,3-5H2,1-2H3. The Morgan fingerprint density at radius 2 is 1.76 bits per heavy atom. The normalized spacial score (nSPS) is 22.8. The van der Waals surface area contributed by atoms with Crippen molar-refractivity contribution in [2.24, 2.45) is 5.41 Å². The fourth-order valence-corrected chi connectivity index (χ4v) is 2.45. The molecule has 1 fully saturated rings. The van der Waals surface area contributed by atoms with Crippen LogP contribution in [0.3, 0.4) is 0 Å². The molecule has 1 aliphatic carbocycles. The van der Waals surface area contributed by atoms with Crippen molar-refractivity contribution in [3.8, 4) is 0 Å². The zero-order chi connectivity index (χ0) is 12.6. The van der Waals surface area contributed by atoms with Crippen LogP contribution in [0.25, 0.3) is 0 Å². The van der Waals surface area contributed by atoms with E-state index in [1.165, 1.54) is 0 Å². The molecule has 1 N–H and O–H groups in total. The number of nitrogens with one attached hydrogen (secondary N) is 1. The van der Waals surface area contributed by atoms with E-state index in [0.29, 0.717) is 12.1 Å². The van der Waals surface area contributed by atoms with Gasteiger partial charge in [-0.25, -0.2) is 13.2 Å². The van der Waals surface area contributed by atoms with Crippen molar-refractivity contribution in [1.29, 1.82) is 0 Å². The maximum absolute atomic E-state index is 13.5. The summed E-state index contributed by atoms with van der Waals surface area (Å²) in [4.78, 5) is 0. The van der Waals surface area contributed by atoms with Crippen molar-refractivity contribution in [2.45, 2.75) is 39.2 Å². The first-order chi connectivity index (χ1) is 7.90. The number of hydrogen-bond acceptors (Lipinski definition) is 1. The SMILES string of the molecule is CC1(C)CCCC1Nc1c(F)cc(F)cc1F. The highest BCUT2D eigenvalue weighted by atomic mass is 19.1. The van der Waals surface area contributed by atoms with Gasteiger partial charge in [-0.3, -0.25) is 0 Å². The number of benzene rings is 1. The maximum Gasteiger partial charge on any atom is 0.152 e. The van der Waals surface area contributed by atoms with E-state index in [0.717, 1.165) is 19.3 Å². The summed E-state index contributed by atoms with van der Waals surface area (Å²) in [6.07, 6.45) is 2.94. The van der Waals surface area contributed by atoms with Gasteiger partial charge in [0.25, 0.3) is 0 Å². The van der Waals surface area contributed by atoms with E-state index >= 15 is 0 Å². The Hall–Kier alpha value is -1.19. The number of halogens is 3. The summed E-state index contributed by atoms with van der Waals surface area (Å²) in [5.74, 6) is -2.63. The highest BCUT2D eigenvalue weighted by Crippen LogP contribution is 2.39. The van der Waals surface area contributed by atoms with Crippen LogP contribution in [-0.2, 0) is 0 Å². The second-order valence-corrected chi connectivity index (χ2v) is 5.32. The van der Waals surface area contributed by atoms with Crippen LogP contribution in [0.5, 0.6) is 0 Å². The molecule has 4 heteroatoms. The van der Waals surface area contributed by atoms with E-state index < -0.39 is 17.5 Å². The lowest BCUT2D eigenvalue weighted by Gasteiger charge is -2.29. The molecule has 0 saturated heterocycles. The van der Waals surface area contributed by atoms with Gasteiger partial charge in [0, 0.05) is 18.2 Å². The van der Waals surface area contributed by atoms with Gasteiger partial charge in [0.05, 0.1) is 0 Å². The number of rotatable bonds is 2. The lowest BCUT2D eigenvalue weighted by Crippen LogP contribution is -2.31. The maximum atomic E-state index is 13.5. The van der Waals surface area contributed by atoms with Crippen LogP contribution in [0.2, 0.25) is 0 Å². The molecule has 0 spiro atoms. The van der Waals surface area contributed by atoms with Crippen LogP contribution in [0.15, 0.2) is 12.1 Å². The van der Waals surface area contributed by atoms with Gasteiger partial charge >= 0.3 is 0 Å². The smallest absolute Gasteiger partial charge is 0.152 e. The summed E-state index contributed by atoms with van der Waals surface area (Å²) < 4.78 is 39.7. The predicted molar refractivity (Wildman–Crippen MR) is 61.4 cm³/mol. The molecule has 1 nitrogen and oxygen atoms in total. The molecule has 0 radical (unpaired) electrons. The molecule has 1 unspecified atom stereocenters. The van der Waals surface area contributed by atoms with E-state index in [-0.39, 0.29) is 17.1 Å². The molecule has 0 aromatic heterocycles. The molecule has 0 aliphatic heterocycles. The molecule has 2 rings (SSSR count). The Bertz CT molecular complexity index is 406. The first-order valence-corrected chi connectivity index (χ1v) is 5.81. The zero-order valence-corrected chi connectivity index (χ0v) is 9.99. The van der Waals surface area contributed by atoms with Crippen LogP contribution >= 0.6 is 0 Å². The summed E-state index contributed by atoms with van der Waals surface area (Å²) in [5, 5.41) is 2.88. The second kappa shape index (κ2) is 4.24. The molecule has 0 heterocycles. The van der Waals surface area contributed by atoms with E-state index in [4.69, 9.17) is 0 Å². The molecule has 1 saturated carbocycles. The number of hydrogen-bond donors (Lipinski definition) is 1. The molecule has 1 aliphatic rings. The third-order valence-corrected chi connectivity index (χ3v) is 3.58. The first-order valence-electron chi connectivity index (χ1n) is 5.81. The highest BCUT2D eigenvalue weighted by Gasteiger charge is 2.35. The third-order valence-electron chi connectivity index (χ3n) is 3.58. The summed E-state index contributed by atoms with van der Waals surface area (Å²) in [7, 11) is 0. The Balaban J connectivity index is 2.25. The minimum Gasteiger partial charge on any atom is -0.377 e. The predicted octanol–water partition coefficient (Wildman–Crippen LogP) is 4.09. The fourth-order valence-electron chi connectivity index (χ4n) is 2.45. The van der Waals surface area contributed by atoms with Crippen LogP contribution < -0.4 is 5.32 Å². The zero-order valence-electron chi connectivity index (χ0n) is 9.99. The molecule has 17 heavy (non-hydrogen) atoms. The molecule has 1 aromatic carbocycles. The molecule has 0 amide bonds. The second-order valence-electron chi connectivity index (χ2n) is 5.32. The average molecular weight is 243 g/mol. The Morgan fingerprint density at radius 3 is 2.24 bits per heavy atom. The molecule has 1 aromatic rings. The third kappa shape index (κ3) is 2.40. The van der Waals surface area contributed by atoms with Crippen molar-refractivity contribution in [2.75, 3.05) is 5.32 Å². The fraction of sp³-hybridized carbons (Fsp3) is 0.538. The van der Waals surface area contributed by atoms with Gasteiger partial charge < -0.3 is 5.32 Å². The van der Waals surface area contributed by atoms with Crippen LogP contribution in [0, 0.1) is 22.9 Å². The summed E-state index contributed by atoms with van der Waals surface area (Å²) in [6, 6.07) is 1.43. The van der Waals surface area contributed by atoms with Gasteiger partial charge in [0.1, 0.15) is 11.5 Å². The van der Waals surface area contributed by atoms with Crippen molar-refractivity contribution in [3.63, 3.8) is 0 Å². The largest absolute Gasteiger partial charge is 0.377 e. The highest BCUT2D eigenvalue weighted by molar-refractivity contribution is 5.47.